The zero-order valence-corrected chi connectivity index (χ0v) is 6.48. The van der Waals surface area contributed by atoms with Gasteiger partial charge < -0.3 is 5.32 Å². The van der Waals surface area contributed by atoms with Crippen molar-refractivity contribution in [2.45, 2.75) is 26.7 Å². The van der Waals surface area contributed by atoms with Crippen LogP contribution in [0.5, 0.6) is 0 Å². The van der Waals surface area contributed by atoms with Crippen LogP contribution in [0.3, 0.4) is 0 Å². The highest BCUT2D eigenvalue weighted by molar-refractivity contribution is 4.74. The molecule has 9 heavy (non-hydrogen) atoms. The van der Waals surface area contributed by atoms with Gasteiger partial charge in [-0.1, -0.05) is 20.3 Å². The average Bonchev–Trinajstić information content (AvgIpc) is 2.37. The van der Waals surface area contributed by atoms with Crippen LogP contribution in [0.25, 0.3) is 0 Å². The van der Waals surface area contributed by atoms with Gasteiger partial charge in [0, 0.05) is 0 Å². The molecule has 1 rings (SSSR count). The van der Waals surface area contributed by atoms with Crippen molar-refractivity contribution in [2.75, 3.05) is 13.1 Å². The standard InChI is InChI=1S/C8H17N/c1-3-7(2)8-4-5-9-6-8/h7-9H,3-6H2,1-2H3. The minimum atomic E-state index is 0.931. The lowest BCUT2D eigenvalue weighted by molar-refractivity contribution is 0.376. The van der Waals surface area contributed by atoms with Crippen LogP contribution in [0, 0.1) is 11.8 Å². The van der Waals surface area contributed by atoms with E-state index in [9.17, 15) is 0 Å². The molecule has 0 amide bonds. The van der Waals surface area contributed by atoms with E-state index in [0.29, 0.717) is 0 Å². The van der Waals surface area contributed by atoms with Gasteiger partial charge in [0.2, 0.25) is 0 Å². The minimum Gasteiger partial charge on any atom is -0.316 e. The molecule has 1 fully saturated rings. The lowest BCUT2D eigenvalue weighted by atomic mass is 9.91. The molecule has 54 valence electrons. The van der Waals surface area contributed by atoms with Crippen molar-refractivity contribution >= 4 is 0 Å². The predicted octanol–water partition coefficient (Wildman–Crippen LogP) is 1.64. The largest absolute Gasteiger partial charge is 0.316 e. The molecule has 0 aromatic carbocycles. The first-order chi connectivity index (χ1) is 4.34. The van der Waals surface area contributed by atoms with Crippen LogP contribution in [-0.4, -0.2) is 13.1 Å². The number of rotatable bonds is 2. The second kappa shape index (κ2) is 3.21. The van der Waals surface area contributed by atoms with Crippen LogP contribution in [0.2, 0.25) is 0 Å². The Bertz CT molecular complexity index is 74.6. The van der Waals surface area contributed by atoms with Crippen molar-refractivity contribution in [2.24, 2.45) is 11.8 Å². The zero-order chi connectivity index (χ0) is 6.69. The third kappa shape index (κ3) is 1.68. The number of hydrogen-bond donors (Lipinski definition) is 1. The molecule has 2 unspecified atom stereocenters. The van der Waals surface area contributed by atoms with Crippen LogP contribution in [0.15, 0.2) is 0 Å². The molecule has 1 heteroatoms. The van der Waals surface area contributed by atoms with Gasteiger partial charge in [-0.15, -0.1) is 0 Å². The van der Waals surface area contributed by atoms with Gasteiger partial charge in [0.1, 0.15) is 0 Å². The van der Waals surface area contributed by atoms with Gasteiger partial charge in [0.25, 0.3) is 0 Å². The van der Waals surface area contributed by atoms with Crippen molar-refractivity contribution < 1.29 is 0 Å². The molecule has 0 aromatic heterocycles. The van der Waals surface area contributed by atoms with Gasteiger partial charge in [-0.2, -0.15) is 0 Å². The van der Waals surface area contributed by atoms with E-state index < -0.39 is 0 Å². The summed E-state index contributed by atoms with van der Waals surface area (Å²) in [6.07, 6.45) is 2.74. The van der Waals surface area contributed by atoms with Crippen LogP contribution in [0.4, 0.5) is 0 Å². The van der Waals surface area contributed by atoms with Crippen LogP contribution >= 0.6 is 0 Å². The highest BCUT2D eigenvalue weighted by atomic mass is 14.9. The van der Waals surface area contributed by atoms with Gasteiger partial charge in [0.05, 0.1) is 0 Å². The van der Waals surface area contributed by atoms with E-state index in [1.165, 1.54) is 25.9 Å². The van der Waals surface area contributed by atoms with E-state index in [1.54, 1.807) is 0 Å². The molecular weight excluding hydrogens is 110 g/mol. The van der Waals surface area contributed by atoms with E-state index in [0.717, 1.165) is 11.8 Å². The second-order valence-corrected chi connectivity index (χ2v) is 3.14. The van der Waals surface area contributed by atoms with Crippen molar-refractivity contribution in [3.8, 4) is 0 Å². The summed E-state index contributed by atoms with van der Waals surface area (Å²) in [6, 6.07) is 0. The first-order valence-corrected chi connectivity index (χ1v) is 4.05. The summed E-state index contributed by atoms with van der Waals surface area (Å²) in [5, 5.41) is 3.39. The Morgan fingerprint density at radius 3 is 2.89 bits per heavy atom. The maximum atomic E-state index is 3.39. The quantitative estimate of drug-likeness (QED) is 0.594. The molecule has 1 heterocycles. The summed E-state index contributed by atoms with van der Waals surface area (Å²) >= 11 is 0. The molecule has 0 spiro atoms. The monoisotopic (exact) mass is 127 g/mol. The molecule has 2 atom stereocenters. The van der Waals surface area contributed by atoms with E-state index in [1.807, 2.05) is 0 Å². The summed E-state index contributed by atoms with van der Waals surface area (Å²) in [5.41, 5.74) is 0. The van der Waals surface area contributed by atoms with Gasteiger partial charge in [-0.25, -0.2) is 0 Å². The SMILES string of the molecule is CCC(C)C1CCNC1. The Kier molecular flexibility index (Phi) is 2.52. The highest BCUT2D eigenvalue weighted by Gasteiger charge is 2.18. The molecule has 0 aromatic rings. The highest BCUT2D eigenvalue weighted by Crippen LogP contribution is 2.20. The Morgan fingerprint density at radius 1 is 1.67 bits per heavy atom. The Balaban J connectivity index is 2.24. The fourth-order valence-corrected chi connectivity index (χ4v) is 1.50. The molecule has 1 saturated heterocycles. The average molecular weight is 127 g/mol. The van der Waals surface area contributed by atoms with E-state index in [4.69, 9.17) is 0 Å². The normalized spacial score (nSPS) is 30.7. The number of hydrogen-bond acceptors (Lipinski definition) is 1. The molecule has 0 aliphatic carbocycles. The summed E-state index contributed by atoms with van der Waals surface area (Å²) < 4.78 is 0. The summed E-state index contributed by atoms with van der Waals surface area (Å²) in [6.45, 7) is 7.14. The van der Waals surface area contributed by atoms with Crippen LogP contribution in [0.1, 0.15) is 26.7 Å². The molecular formula is C8H17N. The maximum Gasteiger partial charge on any atom is -0.00175 e. The zero-order valence-electron chi connectivity index (χ0n) is 6.48. The predicted molar refractivity (Wildman–Crippen MR) is 40.4 cm³/mol. The van der Waals surface area contributed by atoms with Gasteiger partial charge in [-0.05, 0) is 31.3 Å². The third-order valence-corrected chi connectivity index (χ3v) is 2.55. The van der Waals surface area contributed by atoms with E-state index >= 15 is 0 Å². The fraction of sp³-hybridized carbons (Fsp3) is 1.00. The molecule has 0 saturated carbocycles. The minimum absolute atomic E-state index is 0.931. The van der Waals surface area contributed by atoms with Gasteiger partial charge in [-0.3, -0.25) is 0 Å². The van der Waals surface area contributed by atoms with Crippen LogP contribution in [-0.2, 0) is 0 Å². The molecule has 1 nitrogen and oxygen atoms in total. The Labute approximate surface area is 57.8 Å². The van der Waals surface area contributed by atoms with Crippen molar-refractivity contribution in [1.82, 2.24) is 5.32 Å². The fourth-order valence-electron chi connectivity index (χ4n) is 1.50. The lowest BCUT2D eigenvalue weighted by Gasteiger charge is -2.14. The topological polar surface area (TPSA) is 12.0 Å². The second-order valence-electron chi connectivity index (χ2n) is 3.14. The van der Waals surface area contributed by atoms with Gasteiger partial charge in [0.15, 0.2) is 0 Å². The summed E-state index contributed by atoms with van der Waals surface area (Å²) in [5.74, 6) is 1.90. The smallest absolute Gasteiger partial charge is 0.00175 e. The summed E-state index contributed by atoms with van der Waals surface area (Å²) in [7, 11) is 0. The van der Waals surface area contributed by atoms with E-state index in [2.05, 4.69) is 19.2 Å². The maximum absolute atomic E-state index is 3.39. The molecule has 1 aliphatic rings. The summed E-state index contributed by atoms with van der Waals surface area (Å²) in [4.78, 5) is 0. The number of nitrogens with one attached hydrogen (secondary N) is 1. The first-order valence-electron chi connectivity index (χ1n) is 4.05. The molecule has 1 N–H and O–H groups in total. The molecule has 0 bridgehead atoms. The van der Waals surface area contributed by atoms with Crippen molar-refractivity contribution in [3.05, 3.63) is 0 Å². The molecule has 0 radical (unpaired) electrons. The lowest BCUT2D eigenvalue weighted by Crippen LogP contribution is -2.14. The first kappa shape index (κ1) is 7.07. The molecule has 1 aliphatic heterocycles. The van der Waals surface area contributed by atoms with Crippen molar-refractivity contribution in [1.29, 1.82) is 0 Å². The van der Waals surface area contributed by atoms with Crippen molar-refractivity contribution in [3.63, 3.8) is 0 Å². The Morgan fingerprint density at radius 2 is 2.44 bits per heavy atom. The van der Waals surface area contributed by atoms with Gasteiger partial charge >= 0.3 is 0 Å². The third-order valence-electron chi connectivity index (χ3n) is 2.55. The van der Waals surface area contributed by atoms with Crippen LogP contribution < -0.4 is 5.32 Å². The van der Waals surface area contributed by atoms with E-state index in [-0.39, 0.29) is 0 Å². The Hall–Kier alpha value is -0.0400.